The number of pyridine rings is 3. The number of likely N-dealkylation sites (tertiary alicyclic amines) is 1. The van der Waals surface area contributed by atoms with Crippen LogP contribution in [-0.4, -0.2) is 165 Å². The van der Waals surface area contributed by atoms with E-state index >= 15 is 8.78 Å². The molecule has 0 spiro atoms. The van der Waals surface area contributed by atoms with Crippen molar-refractivity contribution in [2.75, 3.05) is 89.3 Å². The number of rotatable bonds is 9. The zero-order valence-corrected chi connectivity index (χ0v) is 38.5. The Morgan fingerprint density at radius 2 is 1.24 bits per heavy atom. The Labute approximate surface area is 399 Å². The van der Waals surface area contributed by atoms with E-state index in [1.165, 1.54) is 6.33 Å². The van der Waals surface area contributed by atoms with E-state index in [1.54, 1.807) is 37.2 Å². The normalized spacial score (nSPS) is 18.4. The van der Waals surface area contributed by atoms with Gasteiger partial charge in [-0.05, 0) is 61.6 Å². The summed E-state index contributed by atoms with van der Waals surface area (Å²) in [4.78, 5) is 50.6. The largest absolute Gasteiger partial charge is 0.367 e. The molecule has 4 N–H and O–H groups in total. The number of aromatic nitrogens is 13. The molecule has 1 atom stereocenters. The van der Waals surface area contributed by atoms with Gasteiger partial charge < -0.3 is 29.6 Å². The van der Waals surface area contributed by atoms with Crippen molar-refractivity contribution in [1.29, 1.82) is 0 Å². The van der Waals surface area contributed by atoms with E-state index in [4.69, 9.17) is 15.0 Å². The smallest absolute Gasteiger partial charge is 0.268 e. The molecule has 11 heterocycles. The van der Waals surface area contributed by atoms with Crippen LogP contribution in [-0.2, 0) is 6.54 Å². The molecule has 0 amide bonds. The standard InChI is InChI=1S/C50H48F2N18/c1-66-8-12-69(13-9-66)39-5-3-4-38-44(39)60-48(58-38)42-35-17-31(23-56-46(35)64-62-42)30-16-29(19-53-20-30)25-68-26-37(50(51,52)27-68)34-6-7-40(70-14-10-67(2)11-15-70)45-41(34)59-49(61-45)43-36-18-32(24-57-47(36)65-63-43)33-21-54-28-55-22-33/h3-7,16-24,28,37H,8-15,25-27H2,1-2H3,(H,58,60)(H,59,61)(H,56,62,64)(H,57,63,65). The van der Waals surface area contributed by atoms with Crippen molar-refractivity contribution in [1.82, 2.24) is 80.0 Å². The van der Waals surface area contributed by atoms with Crippen LogP contribution in [0.5, 0.6) is 0 Å². The lowest BCUT2D eigenvalue weighted by Crippen LogP contribution is -2.44. The van der Waals surface area contributed by atoms with Crippen LogP contribution in [0, 0.1) is 0 Å². The number of alkyl halides is 2. The number of nitrogens with one attached hydrogen (secondary N) is 4. The summed E-state index contributed by atoms with van der Waals surface area (Å²) in [6.07, 6.45) is 12.0. The quantitative estimate of drug-likeness (QED) is 0.121. The summed E-state index contributed by atoms with van der Waals surface area (Å²) in [6, 6.07) is 16.1. The van der Waals surface area contributed by atoms with Crippen LogP contribution >= 0.6 is 0 Å². The Balaban J connectivity index is 0.794. The molecule has 10 aromatic rings. The summed E-state index contributed by atoms with van der Waals surface area (Å²) >= 11 is 0. The molecule has 0 radical (unpaired) electrons. The first kappa shape index (κ1) is 42.3. The van der Waals surface area contributed by atoms with Crippen molar-refractivity contribution in [2.45, 2.75) is 18.4 Å². The van der Waals surface area contributed by atoms with Gasteiger partial charge in [-0.15, -0.1) is 0 Å². The van der Waals surface area contributed by atoms with Crippen molar-refractivity contribution in [3.8, 4) is 45.3 Å². The second kappa shape index (κ2) is 16.7. The second-order valence-corrected chi connectivity index (χ2v) is 18.9. The molecule has 13 rings (SSSR count). The Bertz CT molecular complexity index is 3570. The van der Waals surface area contributed by atoms with Gasteiger partial charge in [-0.2, -0.15) is 10.2 Å². The van der Waals surface area contributed by atoms with Gasteiger partial charge in [-0.1, -0.05) is 12.1 Å². The van der Waals surface area contributed by atoms with Gasteiger partial charge in [-0.3, -0.25) is 20.1 Å². The zero-order chi connectivity index (χ0) is 47.1. The highest BCUT2D eigenvalue weighted by Gasteiger charge is 2.49. The summed E-state index contributed by atoms with van der Waals surface area (Å²) < 4.78 is 33.3. The number of aromatic amines is 4. The van der Waals surface area contributed by atoms with Crippen molar-refractivity contribution in [2.24, 2.45) is 0 Å². The highest BCUT2D eigenvalue weighted by molar-refractivity contribution is 5.98. The van der Waals surface area contributed by atoms with E-state index in [0.717, 1.165) is 119 Å². The molecule has 0 saturated carbocycles. The number of piperazine rings is 2. The lowest BCUT2D eigenvalue weighted by Gasteiger charge is -2.34. The molecule has 352 valence electrons. The molecule has 3 saturated heterocycles. The number of likely N-dealkylation sites (N-methyl/N-ethyl adjacent to an activating group) is 2. The van der Waals surface area contributed by atoms with Gasteiger partial charge in [0.25, 0.3) is 5.92 Å². The third-order valence-corrected chi connectivity index (χ3v) is 14.3. The minimum Gasteiger partial charge on any atom is -0.367 e. The first-order valence-electron chi connectivity index (χ1n) is 23.6. The van der Waals surface area contributed by atoms with E-state index in [1.807, 2.05) is 41.3 Å². The molecular weight excluding hydrogens is 891 g/mol. The zero-order valence-electron chi connectivity index (χ0n) is 38.5. The summed E-state index contributed by atoms with van der Waals surface area (Å²) in [5.41, 5.74) is 12.1. The van der Waals surface area contributed by atoms with Crippen LogP contribution < -0.4 is 9.80 Å². The fourth-order valence-electron chi connectivity index (χ4n) is 10.5. The number of imidazole rings is 2. The van der Waals surface area contributed by atoms with Crippen LogP contribution in [0.1, 0.15) is 17.0 Å². The molecule has 0 aliphatic carbocycles. The number of halogens is 2. The molecule has 20 heteroatoms. The Kier molecular flexibility index (Phi) is 10.1. The molecule has 3 aliphatic rings. The van der Waals surface area contributed by atoms with Gasteiger partial charge in [0.1, 0.15) is 23.2 Å². The minimum absolute atomic E-state index is 0.127. The topological polar surface area (TPSA) is 195 Å². The summed E-state index contributed by atoms with van der Waals surface area (Å²) in [5.74, 6) is -2.99. The summed E-state index contributed by atoms with van der Waals surface area (Å²) in [5, 5.41) is 16.8. The van der Waals surface area contributed by atoms with Crippen molar-refractivity contribution >= 4 is 55.5 Å². The minimum atomic E-state index is -3.04. The lowest BCUT2D eigenvalue weighted by atomic mass is 9.93. The Hall–Kier alpha value is -7.81. The first-order chi connectivity index (χ1) is 34.2. The predicted octanol–water partition coefficient (Wildman–Crippen LogP) is 6.57. The van der Waals surface area contributed by atoms with Gasteiger partial charge in [0.15, 0.2) is 22.9 Å². The van der Waals surface area contributed by atoms with Crippen LogP contribution in [0.15, 0.2) is 92.0 Å². The third-order valence-electron chi connectivity index (χ3n) is 14.3. The molecular formula is C50H48F2N18. The fraction of sp³-hybridized carbons (Fsp3) is 0.300. The van der Waals surface area contributed by atoms with Gasteiger partial charge in [0.05, 0.1) is 51.2 Å². The lowest BCUT2D eigenvalue weighted by molar-refractivity contribution is -0.00318. The van der Waals surface area contributed by atoms with Crippen LogP contribution in [0.25, 0.3) is 89.4 Å². The summed E-state index contributed by atoms with van der Waals surface area (Å²) in [6.45, 7) is 7.22. The van der Waals surface area contributed by atoms with Crippen LogP contribution in [0.3, 0.4) is 0 Å². The highest BCUT2D eigenvalue weighted by Crippen LogP contribution is 2.45. The molecule has 70 heavy (non-hydrogen) atoms. The van der Waals surface area contributed by atoms with Gasteiger partial charge in [0, 0.05) is 125 Å². The number of anilines is 2. The van der Waals surface area contributed by atoms with E-state index in [0.29, 0.717) is 45.2 Å². The number of benzene rings is 2. The molecule has 3 aliphatic heterocycles. The Morgan fingerprint density at radius 1 is 0.629 bits per heavy atom. The van der Waals surface area contributed by atoms with E-state index in [9.17, 15) is 0 Å². The van der Waals surface area contributed by atoms with Crippen molar-refractivity contribution in [3.63, 3.8) is 0 Å². The average molecular weight is 939 g/mol. The third kappa shape index (κ3) is 7.45. The number of H-pyrrole nitrogens is 4. The molecule has 8 aromatic heterocycles. The maximum atomic E-state index is 16.6. The molecule has 2 aromatic carbocycles. The number of fused-ring (bicyclic) bond motifs is 4. The first-order valence-corrected chi connectivity index (χ1v) is 23.6. The monoisotopic (exact) mass is 938 g/mol. The van der Waals surface area contributed by atoms with Crippen LogP contribution in [0.4, 0.5) is 20.2 Å². The molecule has 3 fully saturated rings. The second-order valence-electron chi connectivity index (χ2n) is 18.9. The van der Waals surface area contributed by atoms with Crippen molar-refractivity contribution < 1.29 is 8.78 Å². The van der Waals surface area contributed by atoms with Crippen molar-refractivity contribution in [3.05, 3.63) is 103 Å². The van der Waals surface area contributed by atoms with E-state index in [2.05, 4.69) is 96.1 Å². The number of nitrogens with zero attached hydrogens (tertiary/aromatic N) is 14. The fourth-order valence-corrected chi connectivity index (χ4v) is 10.5. The van der Waals surface area contributed by atoms with Crippen LogP contribution in [0.2, 0.25) is 0 Å². The highest BCUT2D eigenvalue weighted by atomic mass is 19.3. The molecule has 18 nitrogen and oxygen atoms in total. The average Bonchev–Trinajstić information content (AvgIpc) is 4.23. The van der Waals surface area contributed by atoms with E-state index in [-0.39, 0.29) is 13.1 Å². The van der Waals surface area contributed by atoms with Gasteiger partial charge in [-0.25, -0.2) is 38.7 Å². The predicted molar refractivity (Wildman–Crippen MR) is 265 cm³/mol. The number of hydrogen-bond acceptors (Lipinski definition) is 14. The Morgan fingerprint density at radius 3 is 1.94 bits per heavy atom. The van der Waals surface area contributed by atoms with Gasteiger partial charge in [0.2, 0.25) is 0 Å². The SMILES string of the molecule is CN1CCN(c2cccc3[nH]c(-c4[nH]nc5ncc(-c6cncc(CN7CC(c8ccc(N9CCN(C)CC9)c9[nH]c(-c%10[nH]nc%11ncc(-c%12cncnc%12)cc%10%11)nc89)C(F)(F)C7)c6)cc45)nc23)CC1. The number of hydrogen-bond donors (Lipinski definition) is 4. The maximum absolute atomic E-state index is 16.6. The van der Waals surface area contributed by atoms with E-state index < -0.39 is 18.4 Å². The maximum Gasteiger partial charge on any atom is 0.268 e. The molecule has 1 unspecified atom stereocenters. The molecule has 0 bridgehead atoms. The van der Waals surface area contributed by atoms with Gasteiger partial charge >= 0.3 is 0 Å². The summed E-state index contributed by atoms with van der Waals surface area (Å²) in [7, 11) is 4.26. The number of para-hydroxylation sites is 1.